The smallest absolute Gasteiger partial charge is 0.236 e. The molecule has 2 unspecified atom stereocenters. The van der Waals surface area contributed by atoms with E-state index in [1.807, 2.05) is 17.9 Å². The molecule has 7 nitrogen and oxygen atoms in total. The number of piperazine rings is 1. The van der Waals surface area contributed by atoms with E-state index in [2.05, 4.69) is 28.2 Å². The number of nitrogens with one attached hydrogen (secondary N) is 1. The first-order valence-electron chi connectivity index (χ1n) is 10.9. The number of ether oxygens (including phenoxy) is 1. The maximum atomic E-state index is 13.7. The third kappa shape index (κ3) is 4.26. The molecule has 1 N–H and O–H groups in total. The van der Waals surface area contributed by atoms with Gasteiger partial charge in [-0.3, -0.25) is 4.79 Å². The van der Waals surface area contributed by atoms with Crippen LogP contribution in [0.15, 0.2) is 36.5 Å². The van der Waals surface area contributed by atoms with Gasteiger partial charge < -0.3 is 19.9 Å². The average Bonchev–Trinajstić information content (AvgIpc) is 3.01. The maximum absolute atomic E-state index is 13.7. The zero-order chi connectivity index (χ0) is 22.8. The Kier molecular flexibility index (Phi) is 6.28. The number of anilines is 1. The lowest BCUT2D eigenvalue weighted by atomic mass is 10.0. The van der Waals surface area contributed by atoms with Crippen molar-refractivity contribution in [2.24, 2.45) is 5.92 Å². The molecule has 2 aromatic rings. The normalized spacial score (nSPS) is 23.0. The summed E-state index contributed by atoms with van der Waals surface area (Å²) < 4.78 is 18.7. The molecule has 2 aliphatic heterocycles. The summed E-state index contributed by atoms with van der Waals surface area (Å²) in [6.45, 7) is 5.68. The van der Waals surface area contributed by atoms with E-state index in [0.29, 0.717) is 24.6 Å². The number of halogens is 1. The van der Waals surface area contributed by atoms with Crippen LogP contribution in [0.5, 0.6) is 5.75 Å². The first kappa shape index (κ1) is 22.0. The summed E-state index contributed by atoms with van der Waals surface area (Å²) in [5.74, 6) is 1.17. The third-order valence-electron chi connectivity index (χ3n) is 6.62. The van der Waals surface area contributed by atoms with E-state index < -0.39 is 5.82 Å². The predicted octanol–water partition coefficient (Wildman–Crippen LogP) is 2.88. The van der Waals surface area contributed by atoms with E-state index >= 15 is 0 Å². The fourth-order valence-corrected chi connectivity index (χ4v) is 4.81. The number of nitrogens with zero attached hydrogens (tertiary/aromatic N) is 4. The molecule has 4 atom stereocenters. The van der Waals surface area contributed by atoms with Gasteiger partial charge in [0.25, 0.3) is 0 Å². The molecule has 1 amide bonds. The zero-order valence-corrected chi connectivity index (χ0v) is 18.6. The number of hydrogen-bond donors (Lipinski definition) is 1. The van der Waals surface area contributed by atoms with Gasteiger partial charge in [0, 0.05) is 31.4 Å². The van der Waals surface area contributed by atoms with Gasteiger partial charge in [0.1, 0.15) is 11.9 Å². The molecule has 3 heterocycles. The molecule has 2 saturated heterocycles. The summed E-state index contributed by atoms with van der Waals surface area (Å²) in [6, 6.07) is 10.8. The van der Waals surface area contributed by atoms with E-state index in [9.17, 15) is 9.18 Å². The minimum Gasteiger partial charge on any atom is -0.494 e. The molecule has 2 bridgehead atoms. The number of likely N-dealkylation sites (tertiary alicyclic amines) is 1. The highest BCUT2D eigenvalue weighted by atomic mass is 19.1. The molecule has 2 aliphatic rings. The summed E-state index contributed by atoms with van der Waals surface area (Å²) in [4.78, 5) is 21.7. The Morgan fingerprint density at radius 3 is 2.84 bits per heavy atom. The molecule has 2 fully saturated rings. The van der Waals surface area contributed by atoms with E-state index in [0.717, 1.165) is 17.8 Å². The summed E-state index contributed by atoms with van der Waals surface area (Å²) >= 11 is 0. The molecular weight excluding hydrogens is 409 g/mol. The lowest BCUT2D eigenvalue weighted by molar-refractivity contribution is -0.131. The van der Waals surface area contributed by atoms with Crippen molar-refractivity contribution < 1.29 is 13.9 Å². The number of aromatic nitrogens is 1. The van der Waals surface area contributed by atoms with Gasteiger partial charge in [0.2, 0.25) is 5.91 Å². The molecule has 8 heteroatoms. The van der Waals surface area contributed by atoms with E-state index in [1.54, 1.807) is 24.4 Å². The number of rotatable bonds is 6. The van der Waals surface area contributed by atoms with Gasteiger partial charge in [-0.05, 0) is 49.1 Å². The summed E-state index contributed by atoms with van der Waals surface area (Å²) in [6.07, 6.45) is 2.61. The zero-order valence-electron chi connectivity index (χ0n) is 18.6. The number of carbonyl (C=O) groups is 1. The number of pyridine rings is 1. The van der Waals surface area contributed by atoms with Crippen LogP contribution in [0.2, 0.25) is 0 Å². The average molecular weight is 438 g/mol. The van der Waals surface area contributed by atoms with Gasteiger partial charge in [-0.15, -0.1) is 0 Å². The monoisotopic (exact) mass is 437 g/mol. The van der Waals surface area contributed by atoms with E-state index in [-0.39, 0.29) is 36.3 Å². The molecule has 1 aromatic heterocycles. The second kappa shape index (κ2) is 9.13. The molecular formula is C24H28FN5O2. The Balaban J connectivity index is 1.38. The van der Waals surface area contributed by atoms with Crippen LogP contribution >= 0.6 is 0 Å². The minimum atomic E-state index is -0.404. The first-order chi connectivity index (χ1) is 15.4. The molecule has 1 aromatic carbocycles. The predicted molar refractivity (Wildman–Crippen MR) is 119 cm³/mol. The molecule has 0 saturated carbocycles. The Morgan fingerprint density at radius 1 is 1.38 bits per heavy atom. The minimum absolute atomic E-state index is 0.0578. The topological polar surface area (TPSA) is 81.5 Å². The number of benzene rings is 1. The summed E-state index contributed by atoms with van der Waals surface area (Å²) in [5, 5.41) is 12.3. The van der Waals surface area contributed by atoms with Gasteiger partial charge in [0.15, 0.2) is 11.6 Å². The molecule has 0 spiro atoms. The lowest BCUT2D eigenvalue weighted by Gasteiger charge is -2.42. The van der Waals surface area contributed by atoms with Crippen molar-refractivity contribution in [1.29, 1.82) is 5.26 Å². The number of carbonyl (C=O) groups excluding carboxylic acids is 1. The number of hydrogen-bond acceptors (Lipinski definition) is 6. The Morgan fingerprint density at radius 2 is 2.19 bits per heavy atom. The lowest BCUT2D eigenvalue weighted by Crippen LogP contribution is -2.57. The van der Waals surface area contributed by atoms with Gasteiger partial charge in [-0.2, -0.15) is 5.26 Å². The van der Waals surface area contributed by atoms with Crippen LogP contribution in [-0.2, 0) is 4.79 Å². The molecule has 0 aliphatic carbocycles. The van der Waals surface area contributed by atoms with Gasteiger partial charge in [-0.25, -0.2) is 9.37 Å². The van der Waals surface area contributed by atoms with E-state index in [1.165, 1.54) is 13.2 Å². The number of methoxy groups -OCH3 is 1. The van der Waals surface area contributed by atoms with Crippen molar-refractivity contribution in [1.82, 2.24) is 15.2 Å². The second-order valence-corrected chi connectivity index (χ2v) is 8.65. The summed E-state index contributed by atoms with van der Waals surface area (Å²) in [7, 11) is 1.44. The standard InChI is InChI=1S/C24H28FN5O2/c1-15-8-19-13-29(14-21(15)30(19)23-7-4-17(10-26)11-28-23)24(31)12-27-16(2)18-5-6-20(25)22(9-18)32-3/h4-7,9,11,15-16,19,21,27H,8,12-14H2,1-3H3/t15-,16-,19?,21?/m0/s1. The maximum Gasteiger partial charge on any atom is 0.236 e. The largest absolute Gasteiger partial charge is 0.494 e. The van der Waals surface area contributed by atoms with Crippen molar-refractivity contribution in [2.45, 2.75) is 38.4 Å². The SMILES string of the molecule is COc1cc([C@H](C)NCC(=O)N2CC3C[C@H](C)C(C2)N3c2ccc(C#N)cn2)ccc1F. The third-order valence-corrected chi connectivity index (χ3v) is 6.62. The van der Waals surface area contributed by atoms with Crippen LogP contribution < -0.4 is 15.0 Å². The highest BCUT2D eigenvalue weighted by molar-refractivity contribution is 5.79. The van der Waals surface area contributed by atoms with Crippen LogP contribution in [0, 0.1) is 23.1 Å². The van der Waals surface area contributed by atoms with Crippen molar-refractivity contribution in [3.63, 3.8) is 0 Å². The van der Waals surface area contributed by atoms with Crippen LogP contribution in [0.4, 0.5) is 10.2 Å². The highest BCUT2D eigenvalue weighted by Gasteiger charge is 2.45. The van der Waals surface area contributed by atoms with Crippen molar-refractivity contribution in [3.05, 3.63) is 53.5 Å². The Labute approximate surface area is 187 Å². The van der Waals surface area contributed by atoms with E-state index in [4.69, 9.17) is 10.00 Å². The molecule has 0 radical (unpaired) electrons. The van der Waals surface area contributed by atoms with Crippen LogP contribution in [0.25, 0.3) is 0 Å². The van der Waals surface area contributed by atoms with Crippen LogP contribution in [0.3, 0.4) is 0 Å². The molecule has 4 rings (SSSR count). The van der Waals surface area contributed by atoms with Crippen molar-refractivity contribution >= 4 is 11.7 Å². The van der Waals surface area contributed by atoms with Crippen molar-refractivity contribution in [3.8, 4) is 11.8 Å². The fourth-order valence-electron chi connectivity index (χ4n) is 4.81. The molecule has 32 heavy (non-hydrogen) atoms. The highest BCUT2D eigenvalue weighted by Crippen LogP contribution is 2.37. The Bertz CT molecular complexity index is 1020. The van der Waals surface area contributed by atoms with Gasteiger partial charge >= 0.3 is 0 Å². The number of amides is 1. The number of fused-ring (bicyclic) bond motifs is 2. The van der Waals surface area contributed by atoms with Gasteiger partial charge in [0.05, 0.1) is 25.3 Å². The molecule has 168 valence electrons. The Hall–Kier alpha value is -3.18. The quantitative estimate of drug-likeness (QED) is 0.749. The fraction of sp³-hybridized carbons (Fsp3) is 0.458. The second-order valence-electron chi connectivity index (χ2n) is 8.65. The van der Waals surface area contributed by atoms with Crippen LogP contribution in [-0.4, -0.2) is 54.6 Å². The number of nitriles is 1. The summed E-state index contributed by atoms with van der Waals surface area (Å²) in [5.41, 5.74) is 1.41. The van der Waals surface area contributed by atoms with Gasteiger partial charge in [-0.1, -0.05) is 13.0 Å². The first-order valence-corrected chi connectivity index (χ1v) is 10.9. The van der Waals surface area contributed by atoms with Crippen molar-refractivity contribution in [2.75, 3.05) is 31.6 Å². The van der Waals surface area contributed by atoms with Crippen LogP contribution in [0.1, 0.15) is 37.4 Å².